The third-order valence-corrected chi connectivity index (χ3v) is 3.90. The lowest BCUT2D eigenvalue weighted by Gasteiger charge is -2.10. The molecule has 1 heterocycles. The molecule has 3 aromatic rings. The van der Waals surface area contributed by atoms with Gasteiger partial charge in [0.15, 0.2) is 11.6 Å². The lowest BCUT2D eigenvalue weighted by molar-refractivity contribution is 0.0786. The molecule has 3 rings (SSSR count). The van der Waals surface area contributed by atoms with Gasteiger partial charge in [0.1, 0.15) is 12.0 Å². The van der Waals surface area contributed by atoms with Crippen LogP contribution in [0, 0.1) is 0 Å². The fourth-order valence-electron chi connectivity index (χ4n) is 2.55. The summed E-state index contributed by atoms with van der Waals surface area (Å²) in [6.07, 6.45) is -0.191. The van der Waals surface area contributed by atoms with Gasteiger partial charge < -0.3 is 14.9 Å². The van der Waals surface area contributed by atoms with E-state index in [0.717, 1.165) is 11.8 Å². The number of methoxy groups -OCH3 is 1. The first-order valence-electron chi connectivity index (χ1n) is 8.08. The first kappa shape index (κ1) is 17.8. The second kappa shape index (κ2) is 7.90. The molecule has 7 nitrogen and oxygen atoms in total. The summed E-state index contributed by atoms with van der Waals surface area (Å²) in [5.41, 5.74) is 2.02. The van der Waals surface area contributed by atoms with Crippen LogP contribution in [-0.2, 0) is 6.54 Å². The van der Waals surface area contributed by atoms with Crippen molar-refractivity contribution in [1.82, 2.24) is 14.8 Å². The van der Waals surface area contributed by atoms with Gasteiger partial charge in [-0.2, -0.15) is 5.10 Å². The number of benzene rings is 2. The van der Waals surface area contributed by atoms with Crippen LogP contribution >= 0.6 is 0 Å². The van der Waals surface area contributed by atoms with Gasteiger partial charge in [-0.25, -0.2) is 9.67 Å². The van der Waals surface area contributed by atoms with Crippen LogP contribution in [-0.4, -0.2) is 51.1 Å². The predicted octanol–water partition coefficient (Wildman–Crippen LogP) is 1.79. The summed E-state index contributed by atoms with van der Waals surface area (Å²) >= 11 is 0. The Balaban J connectivity index is 2.05. The first-order valence-corrected chi connectivity index (χ1v) is 8.08. The molecular weight excluding hydrogens is 334 g/mol. The Hall–Kier alpha value is -3.03. The smallest absolute Gasteiger partial charge is 0.181 e. The highest BCUT2D eigenvalue weighted by Crippen LogP contribution is 2.25. The molecule has 0 fully saturated rings. The number of hydrogen-bond donors (Lipinski definition) is 2. The van der Waals surface area contributed by atoms with Crippen molar-refractivity contribution in [3.8, 4) is 28.5 Å². The van der Waals surface area contributed by atoms with Crippen LogP contribution in [0.25, 0.3) is 22.8 Å². The summed E-state index contributed by atoms with van der Waals surface area (Å²) in [6.45, 7) is -0.282. The molecule has 0 bridgehead atoms. The second-order valence-electron chi connectivity index (χ2n) is 5.75. The molecule has 1 atom stereocenters. The van der Waals surface area contributed by atoms with E-state index in [0.29, 0.717) is 28.5 Å². The van der Waals surface area contributed by atoms with Crippen LogP contribution in [0.4, 0.5) is 0 Å². The summed E-state index contributed by atoms with van der Waals surface area (Å²) in [5.74, 6) is 1.70. The van der Waals surface area contributed by atoms with Crippen LogP contribution in [0.5, 0.6) is 5.75 Å². The molecule has 2 aromatic carbocycles. The highest BCUT2D eigenvalue weighted by molar-refractivity contribution is 5.77. The number of carbonyl (C=O) groups is 1. The number of ether oxygens (including phenoxy) is 1. The number of aromatic nitrogens is 3. The zero-order valence-electron chi connectivity index (χ0n) is 14.2. The largest absolute Gasteiger partial charge is 0.497 e. The molecule has 0 aliphatic carbocycles. The Morgan fingerprint density at radius 3 is 2.62 bits per heavy atom. The van der Waals surface area contributed by atoms with Crippen LogP contribution in [0.15, 0.2) is 48.5 Å². The molecule has 0 saturated heterocycles. The number of aldehydes is 1. The van der Waals surface area contributed by atoms with E-state index in [9.17, 15) is 9.90 Å². The van der Waals surface area contributed by atoms with Gasteiger partial charge in [0.25, 0.3) is 0 Å². The van der Waals surface area contributed by atoms with Gasteiger partial charge >= 0.3 is 0 Å². The van der Waals surface area contributed by atoms with Gasteiger partial charge in [0.2, 0.25) is 0 Å². The van der Waals surface area contributed by atoms with Gasteiger partial charge in [-0.15, -0.1) is 0 Å². The van der Waals surface area contributed by atoms with Crippen molar-refractivity contribution >= 4 is 6.29 Å². The van der Waals surface area contributed by atoms with Gasteiger partial charge in [0.05, 0.1) is 26.4 Å². The van der Waals surface area contributed by atoms with Gasteiger partial charge in [0, 0.05) is 16.7 Å². The summed E-state index contributed by atoms with van der Waals surface area (Å²) in [4.78, 5) is 15.6. The highest BCUT2D eigenvalue weighted by Gasteiger charge is 2.16. The van der Waals surface area contributed by atoms with Crippen molar-refractivity contribution in [1.29, 1.82) is 0 Å². The van der Waals surface area contributed by atoms with Crippen LogP contribution in [0.1, 0.15) is 10.4 Å². The molecule has 2 N–H and O–H groups in total. The molecule has 0 amide bonds. The average molecular weight is 353 g/mol. The number of aliphatic hydroxyl groups is 2. The van der Waals surface area contributed by atoms with Gasteiger partial charge in [-0.05, 0) is 30.3 Å². The zero-order chi connectivity index (χ0) is 18.5. The van der Waals surface area contributed by atoms with Crippen LogP contribution in [0.2, 0.25) is 0 Å². The number of carbonyl (C=O) groups excluding carboxylic acids is 1. The highest BCUT2D eigenvalue weighted by atomic mass is 16.5. The Morgan fingerprint density at radius 2 is 1.96 bits per heavy atom. The van der Waals surface area contributed by atoms with Crippen molar-refractivity contribution in [2.75, 3.05) is 13.7 Å². The van der Waals surface area contributed by atoms with E-state index in [1.54, 1.807) is 30.0 Å². The molecule has 1 aromatic heterocycles. The molecule has 26 heavy (non-hydrogen) atoms. The number of hydrogen-bond acceptors (Lipinski definition) is 6. The molecule has 0 saturated carbocycles. The number of aliphatic hydroxyl groups excluding tert-OH is 2. The summed E-state index contributed by atoms with van der Waals surface area (Å²) in [6, 6.07) is 14.3. The van der Waals surface area contributed by atoms with E-state index in [1.807, 2.05) is 30.3 Å². The maximum Gasteiger partial charge on any atom is 0.181 e. The lowest BCUT2D eigenvalue weighted by atomic mass is 10.1. The van der Waals surface area contributed by atoms with Crippen LogP contribution in [0.3, 0.4) is 0 Å². The fraction of sp³-hybridized carbons (Fsp3) is 0.211. The fourth-order valence-corrected chi connectivity index (χ4v) is 2.55. The first-order chi connectivity index (χ1) is 12.6. The average Bonchev–Trinajstić information content (AvgIpc) is 3.11. The van der Waals surface area contributed by atoms with Crippen molar-refractivity contribution in [2.24, 2.45) is 0 Å². The van der Waals surface area contributed by atoms with Crippen LogP contribution < -0.4 is 4.74 Å². The molecule has 1 unspecified atom stereocenters. The maximum absolute atomic E-state index is 11.0. The maximum atomic E-state index is 11.0. The summed E-state index contributed by atoms with van der Waals surface area (Å²) in [7, 11) is 1.59. The zero-order valence-corrected chi connectivity index (χ0v) is 14.2. The van der Waals surface area contributed by atoms with Crippen molar-refractivity contribution < 1.29 is 19.7 Å². The third kappa shape index (κ3) is 3.79. The quantitative estimate of drug-likeness (QED) is 0.629. The molecular formula is C19H19N3O4. The number of rotatable bonds is 7. The van der Waals surface area contributed by atoms with Crippen molar-refractivity contribution in [3.05, 3.63) is 54.1 Å². The molecule has 7 heteroatoms. The lowest BCUT2D eigenvalue weighted by Crippen LogP contribution is -2.21. The van der Waals surface area contributed by atoms with E-state index in [-0.39, 0.29) is 13.2 Å². The minimum absolute atomic E-state index is 0.0955. The second-order valence-corrected chi connectivity index (χ2v) is 5.75. The van der Waals surface area contributed by atoms with E-state index in [2.05, 4.69) is 10.1 Å². The van der Waals surface area contributed by atoms with Crippen molar-refractivity contribution in [2.45, 2.75) is 12.6 Å². The Labute approximate surface area is 150 Å². The van der Waals surface area contributed by atoms with E-state index < -0.39 is 6.10 Å². The van der Waals surface area contributed by atoms with E-state index in [4.69, 9.17) is 9.84 Å². The topological polar surface area (TPSA) is 97.5 Å². The molecule has 0 aliphatic heterocycles. The Morgan fingerprint density at radius 1 is 1.19 bits per heavy atom. The standard InChI is InChI=1S/C19H19N3O4/c1-26-17-7-5-14(6-8-17)19-20-18(21-22(19)10-16(25)12-24)15-4-2-3-13(9-15)11-23/h2-9,11,16,24-25H,10,12H2,1H3. The Kier molecular flexibility index (Phi) is 5.40. The number of nitrogens with zero attached hydrogens (tertiary/aromatic N) is 3. The van der Waals surface area contributed by atoms with E-state index in [1.165, 1.54) is 0 Å². The molecule has 134 valence electrons. The molecule has 0 spiro atoms. The summed E-state index contributed by atoms with van der Waals surface area (Å²) < 4.78 is 6.72. The molecule has 0 aliphatic rings. The minimum atomic E-state index is -0.956. The third-order valence-electron chi connectivity index (χ3n) is 3.90. The van der Waals surface area contributed by atoms with Crippen molar-refractivity contribution in [3.63, 3.8) is 0 Å². The normalized spacial score (nSPS) is 12.0. The Bertz CT molecular complexity index is 890. The van der Waals surface area contributed by atoms with E-state index >= 15 is 0 Å². The molecule has 0 radical (unpaired) electrons. The minimum Gasteiger partial charge on any atom is -0.497 e. The van der Waals surface area contributed by atoms with Gasteiger partial charge in [-0.3, -0.25) is 4.79 Å². The monoisotopic (exact) mass is 353 g/mol. The summed E-state index contributed by atoms with van der Waals surface area (Å²) in [5, 5.41) is 23.4. The predicted molar refractivity (Wildman–Crippen MR) is 95.9 cm³/mol. The SMILES string of the molecule is COc1ccc(-c2nc(-c3cccc(C=O)c3)nn2CC(O)CO)cc1. The van der Waals surface area contributed by atoms with Gasteiger partial charge in [-0.1, -0.05) is 18.2 Å².